The van der Waals surface area contributed by atoms with E-state index in [-0.39, 0.29) is 69.1 Å². The van der Waals surface area contributed by atoms with Crippen LogP contribution in [0.15, 0.2) is 69.5 Å². The molecule has 0 aromatic heterocycles. The second-order valence-corrected chi connectivity index (χ2v) is 12.9. The average Bonchev–Trinajstić information content (AvgIpc) is 3.19. The monoisotopic (exact) mass is 940 g/mol. The molecule has 320 valence electrons. The summed E-state index contributed by atoms with van der Waals surface area (Å²) < 4.78 is 29.0. The largest absolute Gasteiger partial charge is 2.00 e. The standard InChI is InChI=1S/2C22H30N3O2.4ClH.Zn/c2*1-6-24(7-2)16-11-12-18-19(13-16)27-21-15-17(25(8-3)9-4)14-20(26-10-5)22(21)23-18;;;;;/h2*11-15H,6-10H2,1-5H3;4*1H;/q2*+1;;;;;+2/p-4. The van der Waals surface area contributed by atoms with Crippen LogP contribution >= 0.6 is 0 Å². The number of fused-ring (bicyclic) bond motifs is 4. The van der Waals surface area contributed by atoms with Crippen LogP contribution in [0.2, 0.25) is 0 Å². The molecular formula is C44H60Cl4N6O4Zn. The molecule has 2 aromatic carbocycles. The molecule has 59 heavy (non-hydrogen) atoms. The molecule has 10 nitrogen and oxygen atoms in total. The van der Waals surface area contributed by atoms with E-state index in [4.69, 9.17) is 28.3 Å². The zero-order valence-electron chi connectivity index (χ0n) is 36.4. The first-order valence-electron chi connectivity index (χ1n) is 20.0. The number of anilines is 2. The molecular weight excluding hydrogens is 884 g/mol. The fraction of sp³-hybridized carbons (Fsp3) is 0.455. The van der Waals surface area contributed by atoms with Crippen LogP contribution in [0, 0.1) is 0 Å². The van der Waals surface area contributed by atoms with E-state index in [2.05, 4.69) is 123 Å². The molecule has 6 rings (SSSR count). The van der Waals surface area contributed by atoms with Gasteiger partial charge in [-0.05, 0) is 81.4 Å². The molecule has 15 heteroatoms. The quantitative estimate of drug-likeness (QED) is 0.0623. The van der Waals surface area contributed by atoms with E-state index in [1.54, 1.807) is 0 Å². The van der Waals surface area contributed by atoms with Crippen LogP contribution < -0.4 is 88.8 Å². The minimum absolute atomic E-state index is 0. The Labute approximate surface area is 388 Å². The topological polar surface area (TPSA) is 83.0 Å². The number of rotatable bonds is 14. The van der Waals surface area contributed by atoms with Gasteiger partial charge in [0, 0.05) is 74.0 Å². The van der Waals surface area contributed by atoms with Gasteiger partial charge in [0.05, 0.1) is 25.3 Å². The first-order valence-corrected chi connectivity index (χ1v) is 20.0. The third kappa shape index (κ3) is 12.8. The van der Waals surface area contributed by atoms with Gasteiger partial charge in [-0.15, -0.1) is 0 Å². The minimum Gasteiger partial charge on any atom is -1.00 e. The summed E-state index contributed by atoms with van der Waals surface area (Å²) >= 11 is 0. The van der Waals surface area contributed by atoms with Crippen LogP contribution in [0.25, 0.3) is 45.1 Å². The Morgan fingerprint density at radius 1 is 0.492 bits per heavy atom. The molecule has 0 unspecified atom stereocenters. The number of hydrogen-bond acceptors (Lipinski definition) is 8. The SMILES string of the molecule is CCOc1cc(N(CC)CC)cc2oc3cc(=[N+](CC)CC)ccc-3nc12.CCOc1cc(N(CC)CC)cc2oc3cc(=[N+](CC)CC)ccc-3nc12.[Cl-].[Cl-].[Cl-].[Cl-].[Zn+2]. The maximum absolute atomic E-state index is 6.30. The fourth-order valence-corrected chi connectivity index (χ4v) is 6.99. The van der Waals surface area contributed by atoms with Crippen molar-refractivity contribution in [1.29, 1.82) is 0 Å². The van der Waals surface area contributed by atoms with E-state index in [0.717, 1.165) is 131 Å². The Bertz CT molecular complexity index is 2090. The van der Waals surface area contributed by atoms with E-state index < -0.39 is 0 Å². The number of nitrogens with zero attached hydrogens (tertiary/aromatic N) is 6. The molecule has 4 aliphatic rings. The molecule has 0 saturated heterocycles. The smallest absolute Gasteiger partial charge is 1.00 e. The van der Waals surface area contributed by atoms with Crippen LogP contribution in [0.4, 0.5) is 11.4 Å². The number of hydrogen-bond donors (Lipinski definition) is 0. The summed E-state index contributed by atoms with van der Waals surface area (Å²) in [7, 11) is 0. The third-order valence-electron chi connectivity index (χ3n) is 9.95. The van der Waals surface area contributed by atoms with Crippen LogP contribution in [0.1, 0.15) is 69.2 Å². The molecule has 0 fully saturated rings. The summed E-state index contributed by atoms with van der Waals surface area (Å²) in [6.45, 7) is 30.0. The summed E-state index contributed by atoms with van der Waals surface area (Å²) in [6.07, 6.45) is 0. The zero-order chi connectivity index (χ0) is 38.8. The molecule has 0 N–H and O–H groups in total. The van der Waals surface area contributed by atoms with Gasteiger partial charge in [-0.1, -0.05) is 0 Å². The van der Waals surface area contributed by atoms with Crippen molar-refractivity contribution in [3.05, 3.63) is 71.4 Å². The number of benzene rings is 4. The molecule has 2 heterocycles. The van der Waals surface area contributed by atoms with Gasteiger partial charge in [-0.25, -0.2) is 19.1 Å². The molecule has 0 spiro atoms. The molecule has 0 saturated carbocycles. The van der Waals surface area contributed by atoms with Gasteiger partial charge in [0.15, 0.2) is 34.2 Å². The predicted octanol–water partition coefficient (Wildman–Crippen LogP) is -4.01. The Hall–Kier alpha value is -3.34. The van der Waals surface area contributed by atoms with Gasteiger partial charge in [0.25, 0.3) is 0 Å². The van der Waals surface area contributed by atoms with E-state index >= 15 is 0 Å². The molecule has 0 radical (unpaired) electrons. The van der Waals surface area contributed by atoms with Crippen molar-refractivity contribution >= 4 is 33.6 Å². The van der Waals surface area contributed by atoms with Gasteiger partial charge < -0.3 is 77.7 Å². The summed E-state index contributed by atoms with van der Waals surface area (Å²) in [5, 5.41) is 2.31. The van der Waals surface area contributed by atoms with E-state index in [1.165, 1.54) is 0 Å². The predicted molar refractivity (Wildman–Crippen MR) is 223 cm³/mol. The number of ether oxygens (including phenoxy) is 2. The van der Waals surface area contributed by atoms with E-state index in [9.17, 15) is 0 Å². The van der Waals surface area contributed by atoms with Crippen molar-refractivity contribution in [1.82, 2.24) is 19.1 Å². The van der Waals surface area contributed by atoms with Gasteiger partial charge >= 0.3 is 19.5 Å². The molecule has 2 aliphatic carbocycles. The Morgan fingerprint density at radius 2 is 0.831 bits per heavy atom. The third-order valence-corrected chi connectivity index (χ3v) is 9.95. The summed E-state index contributed by atoms with van der Waals surface area (Å²) in [5.41, 5.74) is 6.94. The maximum atomic E-state index is 6.30. The first-order chi connectivity index (χ1) is 26.3. The second kappa shape index (κ2) is 26.8. The van der Waals surface area contributed by atoms with Crippen molar-refractivity contribution in [2.24, 2.45) is 0 Å². The van der Waals surface area contributed by atoms with E-state index in [1.807, 2.05) is 26.0 Å². The molecule has 2 aromatic rings. The fourth-order valence-electron chi connectivity index (χ4n) is 6.99. The van der Waals surface area contributed by atoms with Gasteiger partial charge in [0.1, 0.15) is 48.6 Å². The summed E-state index contributed by atoms with van der Waals surface area (Å²) in [5.74, 6) is 3.14. The van der Waals surface area contributed by atoms with Crippen LogP contribution in [-0.2, 0) is 19.5 Å². The first kappa shape index (κ1) is 55.7. The molecule has 2 aliphatic heterocycles. The van der Waals surface area contributed by atoms with Crippen molar-refractivity contribution in [3.8, 4) is 34.4 Å². The van der Waals surface area contributed by atoms with Gasteiger partial charge in [0.2, 0.25) is 10.7 Å². The number of aromatic nitrogens is 2. The molecule has 0 atom stereocenters. The van der Waals surface area contributed by atoms with Crippen LogP contribution in [0.5, 0.6) is 11.5 Å². The molecule has 0 amide bonds. The van der Waals surface area contributed by atoms with Crippen LogP contribution in [-0.4, -0.2) is 75.5 Å². The van der Waals surface area contributed by atoms with E-state index in [0.29, 0.717) is 13.2 Å². The van der Waals surface area contributed by atoms with Crippen molar-refractivity contribution in [3.63, 3.8) is 0 Å². The number of halogens is 4. The van der Waals surface area contributed by atoms with Crippen molar-refractivity contribution in [2.75, 3.05) is 75.4 Å². The Balaban J connectivity index is 0.00000105. The Morgan fingerprint density at radius 3 is 1.12 bits per heavy atom. The van der Waals surface area contributed by atoms with Crippen LogP contribution in [0.3, 0.4) is 0 Å². The Kier molecular flexibility index (Phi) is 25.3. The van der Waals surface area contributed by atoms with Gasteiger partial charge in [-0.2, -0.15) is 0 Å². The zero-order valence-corrected chi connectivity index (χ0v) is 42.4. The van der Waals surface area contributed by atoms with Crippen molar-refractivity contribution < 1.29 is 87.4 Å². The molecule has 0 bridgehead atoms. The maximum Gasteiger partial charge on any atom is 2.00 e. The normalized spacial score (nSPS) is 10.2. The average molecular weight is 944 g/mol. The summed E-state index contributed by atoms with van der Waals surface area (Å²) in [4.78, 5) is 14.3. The summed E-state index contributed by atoms with van der Waals surface area (Å²) in [6, 6.07) is 20.7. The van der Waals surface area contributed by atoms with Gasteiger partial charge in [-0.3, -0.25) is 0 Å². The second-order valence-electron chi connectivity index (χ2n) is 12.9. The minimum atomic E-state index is 0. The van der Waals surface area contributed by atoms with Crippen molar-refractivity contribution in [2.45, 2.75) is 69.2 Å².